The van der Waals surface area contributed by atoms with E-state index < -0.39 is 17.0 Å². The molecular weight excluding hydrogens is 268 g/mol. The molecule has 0 fully saturated rings. The molecule has 0 saturated carbocycles. The highest BCUT2D eigenvalue weighted by Crippen LogP contribution is 2.31. The molecule has 0 amide bonds. The van der Waals surface area contributed by atoms with Crippen LogP contribution in [0, 0.1) is 12.7 Å². The van der Waals surface area contributed by atoms with E-state index in [4.69, 9.17) is 28.0 Å². The summed E-state index contributed by atoms with van der Waals surface area (Å²) < 4.78 is 13.7. The third kappa shape index (κ3) is 2.12. The number of hydrogen-bond acceptors (Lipinski definition) is 3. The molecule has 0 radical (unpaired) electrons. The average molecular weight is 278 g/mol. The van der Waals surface area contributed by atoms with Gasteiger partial charge in [-0.1, -0.05) is 16.8 Å². The Kier molecular flexibility index (Phi) is 3.06. The van der Waals surface area contributed by atoms with Crippen molar-refractivity contribution < 1.29 is 14.3 Å². The van der Waals surface area contributed by atoms with Gasteiger partial charge in [-0.3, -0.25) is 0 Å². The van der Waals surface area contributed by atoms with E-state index in [9.17, 15) is 9.50 Å². The summed E-state index contributed by atoms with van der Waals surface area (Å²) in [5.41, 5.74) is 1.04. The van der Waals surface area contributed by atoms with Gasteiger partial charge in [0.15, 0.2) is 0 Å². The van der Waals surface area contributed by atoms with Crippen molar-refractivity contribution in [3.8, 4) is 0 Å². The highest BCUT2D eigenvalue weighted by molar-refractivity contribution is 6.36. The number of halogens is 3. The van der Waals surface area contributed by atoms with E-state index in [-0.39, 0.29) is 11.3 Å². The third-order valence-corrected chi connectivity index (χ3v) is 3.58. The van der Waals surface area contributed by atoms with E-state index in [1.807, 2.05) is 0 Å². The number of nitrogens with zero attached hydrogens (tertiary/aromatic N) is 1. The SMILES string of the molecule is Cc1cc(C2=NOC(C)(O)C2Cl)c(F)cc1Cl. The van der Waals surface area contributed by atoms with Crippen molar-refractivity contribution in [2.45, 2.75) is 25.0 Å². The molecule has 1 aromatic rings. The van der Waals surface area contributed by atoms with Gasteiger partial charge in [-0.2, -0.15) is 0 Å². The quantitative estimate of drug-likeness (QED) is 0.802. The van der Waals surface area contributed by atoms with Crippen LogP contribution in [0.1, 0.15) is 18.1 Å². The van der Waals surface area contributed by atoms with Crippen molar-refractivity contribution in [3.05, 3.63) is 34.1 Å². The van der Waals surface area contributed by atoms with E-state index >= 15 is 0 Å². The van der Waals surface area contributed by atoms with Crippen molar-refractivity contribution in [2.24, 2.45) is 5.16 Å². The first-order valence-electron chi connectivity index (χ1n) is 4.91. The first kappa shape index (κ1) is 12.6. The van der Waals surface area contributed by atoms with Gasteiger partial charge >= 0.3 is 0 Å². The molecule has 0 aromatic heterocycles. The van der Waals surface area contributed by atoms with E-state index in [1.54, 1.807) is 6.92 Å². The summed E-state index contributed by atoms with van der Waals surface area (Å²) in [5.74, 6) is -2.18. The maximum absolute atomic E-state index is 13.7. The number of oxime groups is 1. The van der Waals surface area contributed by atoms with Crippen molar-refractivity contribution in [3.63, 3.8) is 0 Å². The van der Waals surface area contributed by atoms with Gasteiger partial charge in [0.25, 0.3) is 5.79 Å². The normalized spacial score (nSPS) is 27.9. The van der Waals surface area contributed by atoms with Crippen LogP contribution in [0.5, 0.6) is 0 Å². The van der Waals surface area contributed by atoms with Gasteiger partial charge in [-0.15, -0.1) is 11.6 Å². The van der Waals surface area contributed by atoms with Crippen molar-refractivity contribution in [1.82, 2.24) is 0 Å². The van der Waals surface area contributed by atoms with Crippen LogP contribution in [-0.2, 0) is 4.84 Å². The topological polar surface area (TPSA) is 41.8 Å². The zero-order chi connectivity index (χ0) is 12.8. The van der Waals surface area contributed by atoms with Crippen molar-refractivity contribution in [2.75, 3.05) is 0 Å². The molecule has 1 N–H and O–H groups in total. The number of rotatable bonds is 1. The van der Waals surface area contributed by atoms with Crippen LogP contribution in [0.4, 0.5) is 4.39 Å². The lowest BCUT2D eigenvalue weighted by atomic mass is 10.0. The summed E-state index contributed by atoms with van der Waals surface area (Å²) in [6.45, 7) is 3.10. The minimum Gasteiger partial charge on any atom is -0.358 e. The molecule has 2 rings (SSSR count). The first-order chi connectivity index (χ1) is 7.83. The van der Waals surface area contributed by atoms with Gasteiger partial charge in [0, 0.05) is 17.5 Å². The first-order valence-corrected chi connectivity index (χ1v) is 5.73. The third-order valence-electron chi connectivity index (χ3n) is 2.56. The van der Waals surface area contributed by atoms with E-state index in [2.05, 4.69) is 5.16 Å². The lowest BCUT2D eigenvalue weighted by Crippen LogP contribution is -2.37. The second kappa shape index (κ2) is 4.12. The number of aryl methyl sites for hydroxylation is 1. The second-order valence-corrected chi connectivity index (χ2v) is 4.91. The lowest BCUT2D eigenvalue weighted by Gasteiger charge is -2.18. The smallest absolute Gasteiger partial charge is 0.254 e. The minimum absolute atomic E-state index is 0.161. The Morgan fingerprint density at radius 1 is 1.53 bits per heavy atom. The highest BCUT2D eigenvalue weighted by Gasteiger charge is 2.43. The van der Waals surface area contributed by atoms with Crippen LogP contribution in [0.15, 0.2) is 17.3 Å². The average Bonchev–Trinajstić information content (AvgIpc) is 2.49. The van der Waals surface area contributed by atoms with Crippen LogP contribution in [0.2, 0.25) is 5.02 Å². The van der Waals surface area contributed by atoms with Crippen molar-refractivity contribution >= 4 is 28.9 Å². The van der Waals surface area contributed by atoms with Crippen LogP contribution in [-0.4, -0.2) is 22.0 Å². The summed E-state index contributed by atoms with van der Waals surface area (Å²) in [6, 6.07) is 2.71. The fourth-order valence-corrected chi connectivity index (χ4v) is 1.87. The number of benzene rings is 1. The predicted octanol–water partition coefficient (Wildman–Crippen LogP) is 2.84. The fourth-order valence-electron chi connectivity index (χ4n) is 1.53. The van der Waals surface area contributed by atoms with E-state index in [0.717, 1.165) is 0 Å². The molecule has 1 aliphatic rings. The Balaban J connectivity index is 2.46. The van der Waals surface area contributed by atoms with E-state index in [0.29, 0.717) is 10.6 Å². The predicted molar refractivity (Wildman–Crippen MR) is 64.0 cm³/mol. The molecule has 0 aliphatic carbocycles. The molecule has 1 aliphatic heterocycles. The summed E-state index contributed by atoms with van der Waals surface area (Å²) >= 11 is 11.8. The lowest BCUT2D eigenvalue weighted by molar-refractivity contribution is -0.167. The number of hydrogen-bond donors (Lipinski definition) is 1. The Bertz CT molecular complexity index is 502. The monoisotopic (exact) mass is 277 g/mol. The zero-order valence-electron chi connectivity index (χ0n) is 9.17. The molecule has 3 nitrogen and oxygen atoms in total. The molecule has 1 aromatic carbocycles. The van der Waals surface area contributed by atoms with Gasteiger partial charge in [0.1, 0.15) is 16.9 Å². The Labute approximate surface area is 108 Å². The highest BCUT2D eigenvalue weighted by atomic mass is 35.5. The van der Waals surface area contributed by atoms with Gasteiger partial charge in [0.2, 0.25) is 0 Å². The van der Waals surface area contributed by atoms with Gasteiger partial charge in [-0.25, -0.2) is 4.39 Å². The minimum atomic E-state index is -1.63. The summed E-state index contributed by atoms with van der Waals surface area (Å²) in [4.78, 5) is 4.76. The Morgan fingerprint density at radius 3 is 2.71 bits per heavy atom. The molecule has 2 unspecified atom stereocenters. The fraction of sp³-hybridized carbons (Fsp3) is 0.364. The van der Waals surface area contributed by atoms with Crippen LogP contribution < -0.4 is 0 Å². The molecule has 17 heavy (non-hydrogen) atoms. The molecular formula is C11H10Cl2FNO2. The van der Waals surface area contributed by atoms with Gasteiger partial charge < -0.3 is 9.94 Å². The Morgan fingerprint density at radius 2 is 2.18 bits per heavy atom. The molecule has 6 heteroatoms. The molecule has 2 atom stereocenters. The maximum Gasteiger partial charge on any atom is 0.254 e. The number of aliphatic hydroxyl groups is 1. The zero-order valence-corrected chi connectivity index (χ0v) is 10.7. The second-order valence-electron chi connectivity index (χ2n) is 4.07. The van der Waals surface area contributed by atoms with Crippen LogP contribution in [0.25, 0.3) is 0 Å². The Hall–Kier alpha value is -0.840. The maximum atomic E-state index is 13.7. The van der Waals surface area contributed by atoms with Gasteiger partial charge in [0.05, 0.1) is 0 Å². The molecule has 92 valence electrons. The van der Waals surface area contributed by atoms with Gasteiger partial charge in [-0.05, 0) is 24.6 Å². The summed E-state index contributed by atoms with van der Waals surface area (Å²) in [5, 5.41) is 12.7. The summed E-state index contributed by atoms with van der Waals surface area (Å²) in [7, 11) is 0. The molecule has 0 saturated heterocycles. The number of alkyl halides is 1. The summed E-state index contributed by atoms with van der Waals surface area (Å²) in [6.07, 6.45) is 0. The van der Waals surface area contributed by atoms with Crippen LogP contribution in [0.3, 0.4) is 0 Å². The van der Waals surface area contributed by atoms with Crippen molar-refractivity contribution in [1.29, 1.82) is 0 Å². The standard InChI is InChI=1S/C11H10Cl2FNO2/c1-5-3-6(8(14)4-7(5)12)9-10(13)11(2,16)17-15-9/h3-4,10,16H,1-2H3. The largest absolute Gasteiger partial charge is 0.358 e. The molecule has 1 heterocycles. The van der Waals surface area contributed by atoms with E-state index in [1.165, 1.54) is 19.1 Å². The molecule has 0 bridgehead atoms. The van der Waals surface area contributed by atoms with Crippen LogP contribution >= 0.6 is 23.2 Å². The molecule has 0 spiro atoms.